The van der Waals surface area contributed by atoms with Crippen LogP contribution in [-0.4, -0.2) is 41.3 Å². The number of benzene rings is 6. The van der Waals surface area contributed by atoms with E-state index in [9.17, 15) is 0 Å². The Morgan fingerprint density at radius 1 is 0.441 bits per heavy atom. The molecule has 9 heteroatoms. The van der Waals surface area contributed by atoms with Crippen molar-refractivity contribution in [2.75, 3.05) is 14.1 Å². The van der Waals surface area contributed by atoms with Gasteiger partial charge in [-0.15, -0.1) is 12.4 Å². The second-order valence-corrected chi connectivity index (χ2v) is 18.8. The van der Waals surface area contributed by atoms with Crippen LogP contribution in [0.1, 0.15) is 169 Å². The monoisotopic (exact) mass is 956 g/mol. The van der Waals surface area contributed by atoms with Crippen molar-refractivity contribution in [1.29, 1.82) is 0 Å². The van der Waals surface area contributed by atoms with Crippen molar-refractivity contribution < 1.29 is 10.0 Å². The summed E-state index contributed by atoms with van der Waals surface area (Å²) in [4.78, 5) is 22.2. The molecule has 0 saturated heterocycles. The van der Waals surface area contributed by atoms with Crippen molar-refractivity contribution in [3.8, 4) is 0 Å². The minimum Gasteiger partial charge on any atom is -0.357 e. The molecular weight excluding hydrogens is 882 g/mol. The molecule has 0 bridgehead atoms. The lowest BCUT2D eigenvalue weighted by molar-refractivity contribution is 0.0336. The molecule has 0 atom stereocenters. The molecule has 362 valence electrons. The van der Waals surface area contributed by atoms with Gasteiger partial charge in [-0.2, -0.15) is 5.06 Å². The molecular formula is C59H75Cl2N5O2. The van der Waals surface area contributed by atoms with Crippen LogP contribution in [0.2, 0.25) is 0 Å². The molecule has 0 spiro atoms. The molecule has 0 fully saturated rings. The molecule has 0 aliphatic rings. The van der Waals surface area contributed by atoms with Crippen LogP contribution < -0.4 is 5.48 Å². The van der Waals surface area contributed by atoms with Crippen LogP contribution in [0.5, 0.6) is 0 Å². The zero-order valence-corrected chi connectivity index (χ0v) is 44.3. The van der Waals surface area contributed by atoms with Gasteiger partial charge in [0.05, 0.1) is 17.1 Å². The fourth-order valence-corrected chi connectivity index (χ4v) is 7.87. The first-order valence-corrected chi connectivity index (χ1v) is 24.1. The maximum Gasteiger partial charge on any atom is 0.253 e. The molecule has 6 aromatic rings. The Bertz CT molecular complexity index is 2460. The topological polar surface area (TPSA) is 81.8 Å². The van der Waals surface area contributed by atoms with E-state index in [1.54, 1.807) is 10.5 Å². The van der Waals surface area contributed by atoms with Crippen molar-refractivity contribution in [2.45, 2.75) is 119 Å². The first-order chi connectivity index (χ1) is 32.0. The first kappa shape index (κ1) is 56.8. The minimum atomic E-state index is 0. The van der Waals surface area contributed by atoms with Gasteiger partial charge in [0.2, 0.25) is 0 Å². The van der Waals surface area contributed by atoms with Crippen LogP contribution in [0.15, 0.2) is 161 Å². The van der Waals surface area contributed by atoms with Gasteiger partial charge in [0.15, 0.2) is 5.84 Å². The normalized spacial score (nSPS) is 11.9. The fraction of sp³-hybridized carbons (Fsp3) is 0.339. The summed E-state index contributed by atoms with van der Waals surface area (Å²) in [6, 6.07) is 49.7. The molecule has 0 unspecified atom stereocenters. The quantitative estimate of drug-likeness (QED) is 0.0727. The van der Waals surface area contributed by atoms with E-state index in [4.69, 9.17) is 36.6 Å². The Labute approximate surface area is 419 Å². The van der Waals surface area contributed by atoms with Gasteiger partial charge in [0.25, 0.3) is 5.90 Å². The molecule has 7 nitrogen and oxygen atoms in total. The third-order valence-electron chi connectivity index (χ3n) is 11.3. The molecule has 6 aromatic carbocycles. The second-order valence-electron chi connectivity index (χ2n) is 18.4. The minimum absolute atomic E-state index is 0. The molecule has 6 rings (SSSR count). The number of nitrogens with one attached hydrogen (secondary N) is 1. The number of nitrogens with zero attached hydrogens (tertiary/aromatic N) is 4. The smallest absolute Gasteiger partial charge is 0.253 e. The predicted molar refractivity (Wildman–Crippen MR) is 295 cm³/mol. The number of hydroxylamine groups is 3. The van der Waals surface area contributed by atoms with E-state index in [2.05, 4.69) is 150 Å². The van der Waals surface area contributed by atoms with E-state index in [0.717, 1.165) is 39.6 Å². The molecule has 0 aliphatic heterocycles. The van der Waals surface area contributed by atoms with Crippen LogP contribution in [0.4, 0.5) is 17.1 Å². The van der Waals surface area contributed by atoms with Gasteiger partial charge in [0, 0.05) is 30.8 Å². The lowest BCUT2D eigenvalue weighted by Gasteiger charge is -2.25. The zero-order chi connectivity index (χ0) is 49.2. The maximum absolute atomic E-state index is 7.32. The van der Waals surface area contributed by atoms with Gasteiger partial charge in [-0.3, -0.25) is 0 Å². The highest BCUT2D eigenvalue weighted by molar-refractivity contribution is 6.69. The lowest BCUT2D eigenvalue weighted by atomic mass is 9.93. The summed E-state index contributed by atoms with van der Waals surface area (Å²) in [7, 11) is 3.36. The number of halogens is 2. The van der Waals surface area contributed by atoms with Gasteiger partial charge < -0.3 is 10.0 Å². The zero-order valence-electron chi connectivity index (χ0n) is 42.8. The summed E-state index contributed by atoms with van der Waals surface area (Å²) < 4.78 is 0. The highest BCUT2D eigenvalue weighted by Gasteiger charge is 2.22. The number of rotatable bonds is 12. The Morgan fingerprint density at radius 3 is 1.04 bits per heavy atom. The van der Waals surface area contributed by atoms with Gasteiger partial charge in [-0.05, 0) is 81.0 Å². The Morgan fingerprint density at radius 2 is 0.721 bits per heavy atom. The second kappa shape index (κ2) is 28.0. The summed E-state index contributed by atoms with van der Waals surface area (Å²) in [5.74, 6) is 3.37. The third kappa shape index (κ3) is 15.7. The molecule has 0 amide bonds. The summed E-state index contributed by atoms with van der Waals surface area (Å²) in [5.41, 5.74) is 14.9. The Hall–Kier alpha value is -5.57. The van der Waals surface area contributed by atoms with Crippen LogP contribution in [0.3, 0.4) is 0 Å². The van der Waals surface area contributed by atoms with E-state index in [0.29, 0.717) is 46.6 Å². The average Bonchev–Trinajstić information content (AvgIpc) is 3.31. The van der Waals surface area contributed by atoms with E-state index >= 15 is 0 Å². The van der Waals surface area contributed by atoms with Crippen LogP contribution in [0, 0.1) is 0 Å². The van der Waals surface area contributed by atoms with Crippen LogP contribution in [-0.2, 0) is 4.84 Å². The molecule has 0 heterocycles. The first-order valence-electron chi connectivity index (χ1n) is 23.7. The van der Waals surface area contributed by atoms with Crippen molar-refractivity contribution in [2.24, 2.45) is 15.0 Å². The van der Waals surface area contributed by atoms with E-state index in [1.807, 2.05) is 85.9 Å². The van der Waals surface area contributed by atoms with E-state index in [1.165, 1.54) is 40.4 Å². The van der Waals surface area contributed by atoms with Crippen molar-refractivity contribution in [3.05, 3.63) is 196 Å². The highest BCUT2D eigenvalue weighted by atomic mass is 35.5. The summed E-state index contributed by atoms with van der Waals surface area (Å²) in [5, 5.41) is 9.64. The molecule has 0 aliphatic carbocycles. The lowest BCUT2D eigenvalue weighted by Crippen LogP contribution is -2.31. The van der Waals surface area contributed by atoms with E-state index in [-0.39, 0.29) is 12.4 Å². The van der Waals surface area contributed by atoms with Gasteiger partial charge in [-0.1, -0.05) is 228 Å². The SMILES string of the molecule is CC(C)c1cccc(C(C)C)c1N=C(Cl)c1ccccc1.CC(C)c1cccc(C(C)C)c1N=C(ON(C)C(=Nc1c(C(C)C)cccc1C(C)C)c1ccccc1)c1ccccc1.CNO.Cl. The maximum atomic E-state index is 7.32. The van der Waals surface area contributed by atoms with Gasteiger partial charge in [-0.25, -0.2) is 20.5 Å². The number of hydrogen-bond donors (Lipinski definition) is 2. The standard InChI is InChI=1S/C39H47N3O.C19H22ClN.CH5NO.ClH/c1-26(2)32-22-16-23-33(27(3)4)36(32)40-38(30-18-12-10-13-19-30)42(9)43-39(31-20-14-11-15-21-31)41-37-34(28(5)6)24-17-25-35(37)29(7)8;1-13(2)16-11-8-12-17(14(3)4)18(16)21-19(20)15-9-6-5-7-10-15;1-2-3;/h10-29H,1-9H3;5-14H,1-4H3;2-3H,1H3;1H. The molecule has 68 heavy (non-hydrogen) atoms. The average molecular weight is 957 g/mol. The number of aliphatic imine (C=N–C) groups is 3. The summed E-state index contributed by atoms with van der Waals surface area (Å²) >= 11 is 6.44. The summed E-state index contributed by atoms with van der Waals surface area (Å²) in [6.07, 6.45) is 0. The van der Waals surface area contributed by atoms with Crippen LogP contribution >= 0.6 is 24.0 Å². The van der Waals surface area contributed by atoms with E-state index < -0.39 is 0 Å². The number of amidine groups is 1. The van der Waals surface area contributed by atoms with Gasteiger partial charge >= 0.3 is 0 Å². The largest absolute Gasteiger partial charge is 0.357 e. The number of hydrogen-bond acceptors (Lipinski definition) is 6. The third-order valence-corrected chi connectivity index (χ3v) is 11.6. The molecule has 0 aromatic heterocycles. The number of para-hydroxylation sites is 3. The molecule has 0 radical (unpaired) electrons. The predicted octanol–water partition coefficient (Wildman–Crippen LogP) is 17.2. The van der Waals surface area contributed by atoms with Crippen molar-refractivity contribution in [3.63, 3.8) is 0 Å². The summed E-state index contributed by atoms with van der Waals surface area (Å²) in [6.45, 7) is 26.5. The van der Waals surface area contributed by atoms with Crippen molar-refractivity contribution in [1.82, 2.24) is 10.5 Å². The highest BCUT2D eigenvalue weighted by Crippen LogP contribution is 2.38. The van der Waals surface area contributed by atoms with Crippen molar-refractivity contribution >= 4 is 58.0 Å². The van der Waals surface area contributed by atoms with Gasteiger partial charge in [0.1, 0.15) is 5.17 Å². The fourth-order valence-electron chi connectivity index (χ4n) is 7.66. The molecule has 0 saturated carbocycles. The van der Waals surface area contributed by atoms with Crippen LogP contribution in [0.25, 0.3) is 0 Å². The Balaban J connectivity index is 0.000000409. The Kier molecular flexibility index (Phi) is 23.4. The molecule has 2 N–H and O–H groups in total.